The van der Waals surface area contributed by atoms with Crippen LogP contribution in [0.25, 0.3) is 0 Å². The summed E-state index contributed by atoms with van der Waals surface area (Å²) in [4.78, 5) is 14.8. The number of hydrogen-bond donors (Lipinski definition) is 3. The lowest BCUT2D eigenvalue weighted by molar-refractivity contribution is -0.140. The number of nitrogens with two attached hydrogens (primary N) is 1. The van der Waals surface area contributed by atoms with Gasteiger partial charge in [-0.1, -0.05) is 6.58 Å². The van der Waals surface area contributed by atoms with Crippen LogP contribution in [0.2, 0.25) is 0 Å². The summed E-state index contributed by atoms with van der Waals surface area (Å²) in [6, 6.07) is 1.13. The second-order valence-electron chi connectivity index (χ2n) is 4.06. The van der Waals surface area contributed by atoms with Crippen LogP contribution in [0.5, 0.6) is 0 Å². The van der Waals surface area contributed by atoms with Crippen LogP contribution in [0.3, 0.4) is 0 Å². The zero-order valence-corrected chi connectivity index (χ0v) is 9.53. The molecule has 0 amide bonds. The van der Waals surface area contributed by atoms with Crippen molar-refractivity contribution >= 4 is 5.82 Å². The van der Waals surface area contributed by atoms with Gasteiger partial charge in [-0.3, -0.25) is 4.57 Å². The fraction of sp³-hybridized carbons (Fsp3) is 0.400. The maximum atomic E-state index is 13.8. The van der Waals surface area contributed by atoms with Crippen LogP contribution < -0.4 is 11.4 Å². The van der Waals surface area contributed by atoms with Gasteiger partial charge >= 0.3 is 11.6 Å². The molecule has 2 heterocycles. The third-order valence-electron chi connectivity index (χ3n) is 2.72. The highest BCUT2D eigenvalue weighted by Crippen LogP contribution is 2.43. The molecule has 1 saturated heterocycles. The largest absolute Gasteiger partial charge is 0.510 e. The van der Waals surface area contributed by atoms with Gasteiger partial charge < -0.3 is 20.7 Å². The molecule has 9 heteroatoms. The molecule has 0 aromatic carbocycles. The number of aliphatic hydroxyl groups excluding tert-OH is 2. The van der Waals surface area contributed by atoms with Crippen molar-refractivity contribution in [3.05, 3.63) is 35.1 Å². The standard InChI is InChI=1S/C10H11F2N3O4/c1-4(16)6-7(17)10(11,12)8(19-6)15-3-2-5(13)14-9(15)18/h2-3,6-8,16-17H,1H2,(H2,13,14,18)/t6-,7-,8-/m1/s1. The molecule has 1 aromatic heterocycles. The maximum Gasteiger partial charge on any atom is 0.351 e. The molecule has 2 rings (SSSR count). The first-order valence-electron chi connectivity index (χ1n) is 5.19. The Morgan fingerprint density at radius 2 is 2.26 bits per heavy atom. The van der Waals surface area contributed by atoms with Crippen LogP contribution in [-0.2, 0) is 4.74 Å². The quantitative estimate of drug-likeness (QED) is 0.644. The van der Waals surface area contributed by atoms with Crippen LogP contribution in [0, 0.1) is 0 Å². The van der Waals surface area contributed by atoms with E-state index in [2.05, 4.69) is 11.6 Å². The topological polar surface area (TPSA) is 111 Å². The van der Waals surface area contributed by atoms with Crippen molar-refractivity contribution in [3.8, 4) is 0 Å². The summed E-state index contributed by atoms with van der Waals surface area (Å²) in [5.74, 6) is -4.69. The molecule has 3 atom stereocenters. The Morgan fingerprint density at radius 3 is 2.74 bits per heavy atom. The van der Waals surface area contributed by atoms with E-state index in [-0.39, 0.29) is 5.82 Å². The monoisotopic (exact) mass is 275 g/mol. The van der Waals surface area contributed by atoms with Gasteiger partial charge in [0.2, 0.25) is 6.23 Å². The summed E-state index contributed by atoms with van der Waals surface area (Å²) in [7, 11) is 0. The zero-order valence-electron chi connectivity index (χ0n) is 9.53. The Labute approximate surface area is 105 Å². The molecular formula is C10H11F2N3O4. The molecule has 104 valence electrons. The molecule has 1 aliphatic rings. The third kappa shape index (κ3) is 2.06. The van der Waals surface area contributed by atoms with Crippen molar-refractivity contribution in [3.63, 3.8) is 0 Å². The molecule has 0 radical (unpaired) electrons. The minimum Gasteiger partial charge on any atom is -0.510 e. The molecule has 0 unspecified atom stereocenters. The van der Waals surface area contributed by atoms with E-state index >= 15 is 0 Å². The lowest BCUT2D eigenvalue weighted by Crippen LogP contribution is -2.41. The van der Waals surface area contributed by atoms with Crippen LogP contribution in [0.1, 0.15) is 6.23 Å². The Bertz CT molecular complexity index is 574. The van der Waals surface area contributed by atoms with E-state index in [4.69, 9.17) is 15.6 Å². The van der Waals surface area contributed by atoms with Crippen molar-refractivity contribution in [1.82, 2.24) is 9.55 Å². The molecule has 7 nitrogen and oxygen atoms in total. The second kappa shape index (κ2) is 4.28. The fourth-order valence-corrected chi connectivity index (χ4v) is 1.77. The van der Waals surface area contributed by atoms with E-state index in [0.29, 0.717) is 4.57 Å². The number of halogens is 2. The Morgan fingerprint density at radius 1 is 1.63 bits per heavy atom. The molecule has 4 N–H and O–H groups in total. The third-order valence-corrected chi connectivity index (χ3v) is 2.72. The average molecular weight is 275 g/mol. The van der Waals surface area contributed by atoms with Crippen LogP contribution >= 0.6 is 0 Å². The normalized spacial score (nSPS) is 29.3. The van der Waals surface area contributed by atoms with E-state index in [9.17, 15) is 18.7 Å². The number of alkyl halides is 2. The molecule has 0 spiro atoms. The zero-order chi connectivity index (χ0) is 14.4. The first kappa shape index (κ1) is 13.4. The number of anilines is 1. The van der Waals surface area contributed by atoms with Gasteiger partial charge in [0.1, 0.15) is 17.7 Å². The smallest absolute Gasteiger partial charge is 0.351 e. The number of ether oxygens (including phenoxy) is 1. The van der Waals surface area contributed by atoms with Gasteiger partial charge in [0.25, 0.3) is 0 Å². The highest BCUT2D eigenvalue weighted by atomic mass is 19.3. The summed E-state index contributed by atoms with van der Waals surface area (Å²) < 4.78 is 32.9. The number of hydrogen-bond acceptors (Lipinski definition) is 6. The van der Waals surface area contributed by atoms with E-state index in [1.807, 2.05) is 0 Å². The number of nitrogens with zero attached hydrogens (tertiary/aromatic N) is 2. The van der Waals surface area contributed by atoms with Crippen molar-refractivity contribution in [2.24, 2.45) is 0 Å². The summed E-state index contributed by atoms with van der Waals surface area (Å²) in [6.45, 7) is 3.03. The minimum atomic E-state index is -3.79. The Balaban J connectivity index is 2.45. The first-order chi connectivity index (χ1) is 8.75. The van der Waals surface area contributed by atoms with Crippen molar-refractivity contribution < 1.29 is 23.7 Å². The van der Waals surface area contributed by atoms with E-state index in [1.54, 1.807) is 0 Å². The van der Waals surface area contributed by atoms with Gasteiger partial charge in [-0.2, -0.15) is 13.8 Å². The SMILES string of the molecule is C=C(O)[C@H]1O[C@@H](n2ccc(N)nc2=O)C(F)(F)[C@@H]1O. The van der Waals surface area contributed by atoms with E-state index in [1.165, 1.54) is 0 Å². The lowest BCUT2D eigenvalue weighted by Gasteiger charge is -2.20. The first-order valence-corrected chi connectivity index (χ1v) is 5.19. The number of aromatic nitrogens is 2. The number of rotatable bonds is 2. The maximum absolute atomic E-state index is 13.8. The molecule has 1 fully saturated rings. The Kier molecular flexibility index (Phi) is 3.03. The second-order valence-corrected chi connectivity index (χ2v) is 4.06. The van der Waals surface area contributed by atoms with Gasteiger partial charge in [-0.25, -0.2) is 4.79 Å². The summed E-state index contributed by atoms with van der Waals surface area (Å²) in [6.07, 6.45) is -5.14. The van der Waals surface area contributed by atoms with E-state index < -0.39 is 35.8 Å². The van der Waals surface area contributed by atoms with Crippen LogP contribution in [-0.4, -0.2) is 37.9 Å². The average Bonchev–Trinajstić information content (AvgIpc) is 2.52. The molecule has 0 saturated carbocycles. The summed E-state index contributed by atoms with van der Waals surface area (Å²) in [5, 5.41) is 18.5. The molecule has 0 bridgehead atoms. The molecular weight excluding hydrogens is 264 g/mol. The molecule has 0 aliphatic carbocycles. The van der Waals surface area contributed by atoms with Gasteiger partial charge in [-0.15, -0.1) is 0 Å². The van der Waals surface area contributed by atoms with Gasteiger partial charge in [0.05, 0.1) is 0 Å². The van der Waals surface area contributed by atoms with Gasteiger partial charge in [0, 0.05) is 6.20 Å². The summed E-state index contributed by atoms with van der Waals surface area (Å²) in [5.41, 5.74) is 4.19. The highest BCUT2D eigenvalue weighted by Gasteiger charge is 2.60. The number of aliphatic hydroxyl groups is 2. The summed E-state index contributed by atoms with van der Waals surface area (Å²) >= 11 is 0. The van der Waals surface area contributed by atoms with Crippen molar-refractivity contribution in [1.29, 1.82) is 0 Å². The molecule has 19 heavy (non-hydrogen) atoms. The predicted octanol–water partition coefficient (Wildman–Crippen LogP) is -0.209. The minimum absolute atomic E-state index is 0.133. The van der Waals surface area contributed by atoms with Crippen molar-refractivity contribution in [2.45, 2.75) is 24.4 Å². The molecule has 1 aliphatic heterocycles. The highest BCUT2D eigenvalue weighted by molar-refractivity contribution is 5.24. The molecule has 1 aromatic rings. The van der Waals surface area contributed by atoms with E-state index in [0.717, 1.165) is 12.3 Å². The van der Waals surface area contributed by atoms with Gasteiger partial charge in [0.15, 0.2) is 6.10 Å². The number of nitrogen functional groups attached to an aromatic ring is 1. The Hall–Kier alpha value is -2.00. The van der Waals surface area contributed by atoms with Crippen LogP contribution in [0.4, 0.5) is 14.6 Å². The van der Waals surface area contributed by atoms with Crippen LogP contribution in [0.15, 0.2) is 29.4 Å². The van der Waals surface area contributed by atoms with Gasteiger partial charge in [-0.05, 0) is 6.07 Å². The lowest BCUT2D eigenvalue weighted by atomic mass is 10.1. The van der Waals surface area contributed by atoms with Crippen molar-refractivity contribution in [2.75, 3.05) is 5.73 Å². The predicted molar refractivity (Wildman–Crippen MR) is 59.5 cm³/mol. The fourth-order valence-electron chi connectivity index (χ4n) is 1.77.